The fraction of sp³-hybridized carbons (Fsp3) is 0.655. The third-order valence-corrected chi connectivity index (χ3v) is 7.36. The van der Waals surface area contributed by atoms with Crippen LogP contribution in [0.1, 0.15) is 109 Å². The van der Waals surface area contributed by atoms with Crippen LogP contribution in [0.3, 0.4) is 0 Å². The first-order valence-corrected chi connectivity index (χ1v) is 13.3. The highest BCUT2D eigenvalue weighted by molar-refractivity contribution is 5.59. The van der Waals surface area contributed by atoms with Crippen LogP contribution in [0.5, 0.6) is 0 Å². The number of hydrogen-bond donors (Lipinski definition) is 0. The number of aryl methyl sites for hydroxylation is 2. The minimum absolute atomic E-state index is 0.120. The Kier molecular flexibility index (Phi) is 10.6. The second-order valence-corrected chi connectivity index (χ2v) is 9.95. The third-order valence-electron chi connectivity index (χ3n) is 7.36. The van der Waals surface area contributed by atoms with Gasteiger partial charge in [0.2, 0.25) is 0 Å². The van der Waals surface area contributed by atoms with Crippen molar-refractivity contribution < 1.29 is 4.39 Å². The van der Waals surface area contributed by atoms with Crippen molar-refractivity contribution in [2.75, 3.05) is 0 Å². The van der Waals surface area contributed by atoms with Gasteiger partial charge in [0, 0.05) is 5.56 Å². The number of halogens is 1. The van der Waals surface area contributed by atoms with E-state index in [0.717, 1.165) is 66.5 Å². The van der Waals surface area contributed by atoms with Crippen molar-refractivity contribution in [2.24, 2.45) is 11.8 Å². The zero-order valence-electron chi connectivity index (χ0n) is 20.4. The standard InChI is InChI=1S/C29H43FN2/c1-3-5-7-9-10-23-12-14-24(15-13-23)16-19-27-20-21-29(32-31-27)26-18-17-25(28(30)22-26)11-8-6-4-2/h17-18,20-24H,3-16,19H2,1-2H3. The average molecular weight is 439 g/mol. The van der Waals surface area contributed by atoms with Gasteiger partial charge in [-0.1, -0.05) is 96.6 Å². The summed E-state index contributed by atoms with van der Waals surface area (Å²) in [6, 6.07) is 9.59. The highest BCUT2D eigenvalue weighted by Gasteiger charge is 2.20. The van der Waals surface area contributed by atoms with Gasteiger partial charge in [-0.15, -0.1) is 0 Å². The molecular weight excluding hydrogens is 395 g/mol. The summed E-state index contributed by atoms with van der Waals surface area (Å²) >= 11 is 0. The molecule has 0 spiro atoms. The first kappa shape index (κ1) is 24.9. The Morgan fingerprint density at radius 3 is 2.12 bits per heavy atom. The van der Waals surface area contributed by atoms with Gasteiger partial charge in [-0.05, 0) is 61.3 Å². The third kappa shape index (κ3) is 7.98. The molecule has 0 atom stereocenters. The van der Waals surface area contributed by atoms with Crippen LogP contribution < -0.4 is 0 Å². The summed E-state index contributed by atoms with van der Waals surface area (Å²) in [7, 11) is 0. The van der Waals surface area contributed by atoms with Gasteiger partial charge in [-0.2, -0.15) is 10.2 Å². The molecule has 3 heteroatoms. The molecule has 2 aromatic rings. The maximum Gasteiger partial charge on any atom is 0.127 e. The van der Waals surface area contributed by atoms with E-state index < -0.39 is 0 Å². The molecule has 32 heavy (non-hydrogen) atoms. The van der Waals surface area contributed by atoms with E-state index in [4.69, 9.17) is 0 Å². The molecule has 1 aromatic heterocycles. The zero-order valence-corrected chi connectivity index (χ0v) is 20.4. The second-order valence-electron chi connectivity index (χ2n) is 9.95. The molecular formula is C29H43FN2. The molecule has 0 saturated heterocycles. The zero-order chi connectivity index (χ0) is 22.6. The van der Waals surface area contributed by atoms with Crippen molar-refractivity contribution in [1.82, 2.24) is 10.2 Å². The van der Waals surface area contributed by atoms with Crippen LogP contribution in [-0.4, -0.2) is 10.2 Å². The van der Waals surface area contributed by atoms with Crippen molar-refractivity contribution in [3.05, 3.63) is 47.4 Å². The predicted molar refractivity (Wildman–Crippen MR) is 133 cm³/mol. The molecule has 0 bridgehead atoms. The van der Waals surface area contributed by atoms with Crippen molar-refractivity contribution in [3.63, 3.8) is 0 Å². The summed E-state index contributed by atoms with van der Waals surface area (Å²) in [5.74, 6) is 1.70. The lowest BCUT2D eigenvalue weighted by Crippen LogP contribution is -2.15. The summed E-state index contributed by atoms with van der Waals surface area (Å²) in [6.07, 6.45) is 19.0. The smallest absolute Gasteiger partial charge is 0.127 e. The highest BCUT2D eigenvalue weighted by atomic mass is 19.1. The molecule has 1 aromatic carbocycles. The van der Waals surface area contributed by atoms with E-state index >= 15 is 0 Å². The van der Waals surface area contributed by atoms with Gasteiger partial charge in [0.1, 0.15) is 5.82 Å². The van der Waals surface area contributed by atoms with Gasteiger partial charge < -0.3 is 0 Å². The first-order chi connectivity index (χ1) is 15.7. The molecule has 1 aliphatic rings. The van der Waals surface area contributed by atoms with E-state index in [1.165, 1.54) is 64.2 Å². The van der Waals surface area contributed by atoms with Crippen LogP contribution in [0.4, 0.5) is 4.39 Å². The van der Waals surface area contributed by atoms with Crippen molar-refractivity contribution in [1.29, 1.82) is 0 Å². The number of nitrogens with zero attached hydrogens (tertiary/aromatic N) is 2. The fourth-order valence-corrected chi connectivity index (χ4v) is 5.14. The molecule has 1 aliphatic carbocycles. The topological polar surface area (TPSA) is 25.8 Å². The van der Waals surface area contributed by atoms with Gasteiger partial charge in [-0.3, -0.25) is 0 Å². The molecule has 2 nitrogen and oxygen atoms in total. The van der Waals surface area contributed by atoms with Crippen LogP contribution in [0.2, 0.25) is 0 Å². The van der Waals surface area contributed by atoms with Gasteiger partial charge in [-0.25, -0.2) is 4.39 Å². The number of hydrogen-bond acceptors (Lipinski definition) is 2. The number of aromatic nitrogens is 2. The molecule has 0 amide bonds. The Morgan fingerprint density at radius 1 is 0.750 bits per heavy atom. The normalized spacial score (nSPS) is 18.7. The van der Waals surface area contributed by atoms with E-state index in [0.29, 0.717) is 0 Å². The highest BCUT2D eigenvalue weighted by Crippen LogP contribution is 2.34. The predicted octanol–water partition coefficient (Wildman–Crippen LogP) is 8.72. The lowest BCUT2D eigenvalue weighted by atomic mass is 9.78. The second kappa shape index (κ2) is 13.7. The SMILES string of the molecule is CCCCCCC1CCC(CCc2ccc(-c3ccc(CCCCC)c(F)c3)nn2)CC1. The Labute approximate surface area is 195 Å². The van der Waals surface area contributed by atoms with E-state index in [2.05, 4.69) is 30.1 Å². The van der Waals surface area contributed by atoms with Crippen molar-refractivity contribution in [2.45, 2.75) is 110 Å². The van der Waals surface area contributed by atoms with E-state index in [1.54, 1.807) is 6.07 Å². The largest absolute Gasteiger partial charge is 0.207 e. The molecule has 0 N–H and O–H groups in total. The summed E-state index contributed by atoms with van der Waals surface area (Å²) in [4.78, 5) is 0. The summed E-state index contributed by atoms with van der Waals surface area (Å²) in [5, 5.41) is 8.86. The number of benzene rings is 1. The molecule has 1 saturated carbocycles. The van der Waals surface area contributed by atoms with Crippen molar-refractivity contribution >= 4 is 0 Å². The monoisotopic (exact) mass is 438 g/mol. The van der Waals surface area contributed by atoms with Crippen LogP contribution in [-0.2, 0) is 12.8 Å². The minimum Gasteiger partial charge on any atom is -0.207 e. The maximum atomic E-state index is 14.5. The average Bonchev–Trinajstić information content (AvgIpc) is 2.83. The molecule has 3 rings (SSSR count). The lowest BCUT2D eigenvalue weighted by Gasteiger charge is -2.28. The molecule has 0 unspecified atom stereocenters. The fourth-order valence-electron chi connectivity index (χ4n) is 5.14. The number of unbranched alkanes of at least 4 members (excludes halogenated alkanes) is 5. The Bertz CT molecular complexity index is 778. The van der Waals surface area contributed by atoms with Gasteiger partial charge >= 0.3 is 0 Å². The minimum atomic E-state index is -0.120. The van der Waals surface area contributed by atoms with Gasteiger partial charge in [0.15, 0.2) is 0 Å². The Hall–Kier alpha value is -1.77. The lowest BCUT2D eigenvalue weighted by molar-refractivity contribution is 0.248. The van der Waals surface area contributed by atoms with Crippen LogP contribution >= 0.6 is 0 Å². The summed E-state index contributed by atoms with van der Waals surface area (Å²) in [6.45, 7) is 4.46. The van der Waals surface area contributed by atoms with Crippen LogP contribution in [0, 0.1) is 17.7 Å². The van der Waals surface area contributed by atoms with Gasteiger partial charge in [0.05, 0.1) is 11.4 Å². The quantitative estimate of drug-likeness (QED) is 0.292. The van der Waals surface area contributed by atoms with Crippen LogP contribution in [0.15, 0.2) is 30.3 Å². The van der Waals surface area contributed by atoms with Gasteiger partial charge in [0.25, 0.3) is 0 Å². The summed E-state index contributed by atoms with van der Waals surface area (Å²) in [5.41, 5.74) is 3.45. The summed E-state index contributed by atoms with van der Waals surface area (Å²) < 4.78 is 14.5. The molecule has 176 valence electrons. The molecule has 0 aliphatic heterocycles. The van der Waals surface area contributed by atoms with E-state index in [-0.39, 0.29) is 5.82 Å². The molecule has 0 radical (unpaired) electrons. The molecule has 1 heterocycles. The Balaban J connectivity index is 1.42. The molecule has 1 fully saturated rings. The first-order valence-electron chi connectivity index (χ1n) is 13.3. The Morgan fingerprint density at radius 2 is 1.47 bits per heavy atom. The number of rotatable bonds is 13. The van der Waals surface area contributed by atoms with Crippen LogP contribution in [0.25, 0.3) is 11.3 Å². The van der Waals surface area contributed by atoms with Crippen molar-refractivity contribution in [3.8, 4) is 11.3 Å². The van der Waals surface area contributed by atoms with E-state index in [9.17, 15) is 4.39 Å². The van der Waals surface area contributed by atoms with E-state index in [1.807, 2.05) is 18.2 Å². The maximum absolute atomic E-state index is 14.5.